The van der Waals surface area contributed by atoms with Crippen LogP contribution >= 0.6 is 0 Å². The van der Waals surface area contributed by atoms with E-state index in [1.54, 1.807) is 13.0 Å². The van der Waals surface area contributed by atoms with Gasteiger partial charge in [-0.2, -0.15) is 0 Å². The van der Waals surface area contributed by atoms with E-state index in [0.717, 1.165) is 43.9 Å². The number of hydrogen-bond donors (Lipinski definition) is 1. The van der Waals surface area contributed by atoms with Gasteiger partial charge in [0.15, 0.2) is 0 Å². The number of carbonyl (C=O) groups is 2. The van der Waals surface area contributed by atoms with Gasteiger partial charge in [0.1, 0.15) is 0 Å². The van der Waals surface area contributed by atoms with Gasteiger partial charge in [0.25, 0.3) is 0 Å². The molecule has 1 N–H and O–H groups in total. The summed E-state index contributed by atoms with van der Waals surface area (Å²) in [4.78, 5) is 28.4. The maximum absolute atomic E-state index is 12.7. The smallest absolute Gasteiger partial charge is 0.330 e. The van der Waals surface area contributed by atoms with Gasteiger partial charge in [-0.25, -0.2) is 9.59 Å². The van der Waals surface area contributed by atoms with Crippen molar-refractivity contribution in [3.8, 4) is 0 Å². The normalized spacial score (nSPS) is 15.0. The number of carbonyl (C=O) groups excluding carboxylic acids is 2. The Bertz CT molecular complexity index is 908. The molecule has 31 heavy (non-hydrogen) atoms. The van der Waals surface area contributed by atoms with Crippen LogP contribution in [0.3, 0.4) is 0 Å². The number of aryl methyl sites for hydroxylation is 1. The Morgan fingerprint density at radius 3 is 2.55 bits per heavy atom. The summed E-state index contributed by atoms with van der Waals surface area (Å²) in [6.07, 6.45) is 4.05. The lowest BCUT2D eigenvalue weighted by molar-refractivity contribution is -0.137. The fourth-order valence-corrected chi connectivity index (χ4v) is 3.60. The van der Waals surface area contributed by atoms with Crippen LogP contribution < -0.4 is 5.32 Å². The molecule has 1 fully saturated rings. The molecule has 0 spiro atoms. The summed E-state index contributed by atoms with van der Waals surface area (Å²) in [7, 11) is 0. The zero-order valence-electron chi connectivity index (χ0n) is 18.3. The topological polar surface area (TPSA) is 61.9 Å². The lowest BCUT2D eigenvalue weighted by Crippen LogP contribution is -2.38. The van der Waals surface area contributed by atoms with Gasteiger partial charge < -0.3 is 15.0 Å². The number of nitrogens with zero attached hydrogens (tertiary/aromatic N) is 2. The third kappa shape index (κ3) is 6.96. The monoisotopic (exact) mass is 421 g/mol. The molecule has 1 heterocycles. The van der Waals surface area contributed by atoms with E-state index in [9.17, 15) is 9.59 Å². The van der Waals surface area contributed by atoms with Gasteiger partial charge in [0.05, 0.1) is 6.61 Å². The highest BCUT2D eigenvalue weighted by atomic mass is 16.5. The number of anilines is 1. The number of benzene rings is 2. The molecule has 0 atom stereocenters. The van der Waals surface area contributed by atoms with Crippen LogP contribution in [-0.2, 0) is 16.1 Å². The van der Waals surface area contributed by atoms with Crippen LogP contribution in [0.1, 0.15) is 30.0 Å². The SMILES string of the molecule is CCOC(=O)/C=C\c1ccc(NC(=O)N2CCCN(Cc3ccccc3C)CC2)cc1. The summed E-state index contributed by atoms with van der Waals surface area (Å²) in [5.74, 6) is -0.363. The Hall–Kier alpha value is -3.12. The van der Waals surface area contributed by atoms with Crippen molar-refractivity contribution in [2.24, 2.45) is 0 Å². The van der Waals surface area contributed by atoms with Crippen molar-refractivity contribution in [3.05, 3.63) is 71.3 Å². The second-order valence-corrected chi connectivity index (χ2v) is 7.68. The Morgan fingerprint density at radius 2 is 1.81 bits per heavy atom. The largest absolute Gasteiger partial charge is 0.463 e. The second-order valence-electron chi connectivity index (χ2n) is 7.68. The first-order valence-corrected chi connectivity index (χ1v) is 10.8. The number of amides is 2. The molecule has 6 heteroatoms. The van der Waals surface area contributed by atoms with Crippen molar-refractivity contribution < 1.29 is 14.3 Å². The Labute approximate surface area is 184 Å². The van der Waals surface area contributed by atoms with Crippen LogP contribution in [-0.4, -0.2) is 54.6 Å². The standard InChI is InChI=1S/C25H31N3O3/c1-3-31-24(29)14-11-21-9-12-23(13-10-21)26-25(30)28-16-6-15-27(17-18-28)19-22-8-5-4-7-20(22)2/h4-5,7-14H,3,6,15-19H2,1-2H3,(H,26,30)/b14-11-. The summed E-state index contributed by atoms with van der Waals surface area (Å²) < 4.78 is 4.87. The summed E-state index contributed by atoms with van der Waals surface area (Å²) in [6, 6.07) is 15.8. The molecular weight excluding hydrogens is 390 g/mol. The van der Waals surface area contributed by atoms with Gasteiger partial charge in [-0.3, -0.25) is 4.90 Å². The maximum Gasteiger partial charge on any atom is 0.330 e. The average Bonchev–Trinajstić information content (AvgIpc) is 3.01. The molecule has 0 bridgehead atoms. The van der Waals surface area contributed by atoms with E-state index in [-0.39, 0.29) is 12.0 Å². The minimum Gasteiger partial charge on any atom is -0.463 e. The molecule has 0 saturated carbocycles. The molecular formula is C25H31N3O3. The van der Waals surface area contributed by atoms with E-state index >= 15 is 0 Å². The first-order chi connectivity index (χ1) is 15.0. The lowest BCUT2D eigenvalue weighted by Gasteiger charge is -2.23. The highest BCUT2D eigenvalue weighted by Gasteiger charge is 2.19. The Kier molecular flexibility index (Phi) is 8.24. The summed E-state index contributed by atoms with van der Waals surface area (Å²) >= 11 is 0. The van der Waals surface area contributed by atoms with E-state index in [2.05, 4.69) is 41.4 Å². The second kappa shape index (κ2) is 11.3. The van der Waals surface area contributed by atoms with E-state index < -0.39 is 0 Å². The number of esters is 1. The molecule has 0 aliphatic carbocycles. The molecule has 6 nitrogen and oxygen atoms in total. The Morgan fingerprint density at radius 1 is 1.03 bits per heavy atom. The van der Waals surface area contributed by atoms with Crippen molar-refractivity contribution in [2.45, 2.75) is 26.8 Å². The number of rotatable bonds is 6. The molecule has 2 aromatic carbocycles. The van der Waals surface area contributed by atoms with Crippen LogP contribution in [0.15, 0.2) is 54.6 Å². The fraction of sp³-hybridized carbons (Fsp3) is 0.360. The van der Waals surface area contributed by atoms with Crippen LogP contribution in [0.2, 0.25) is 0 Å². The van der Waals surface area contributed by atoms with Crippen LogP contribution in [0, 0.1) is 6.92 Å². The molecule has 1 aliphatic heterocycles. The molecule has 3 rings (SSSR count). The third-order valence-corrected chi connectivity index (χ3v) is 5.39. The number of hydrogen-bond acceptors (Lipinski definition) is 4. The van der Waals surface area contributed by atoms with Crippen LogP contribution in [0.25, 0.3) is 6.08 Å². The number of ether oxygens (including phenoxy) is 1. The highest BCUT2D eigenvalue weighted by Crippen LogP contribution is 2.15. The predicted octanol–water partition coefficient (Wildman–Crippen LogP) is 4.31. The van der Waals surface area contributed by atoms with Crippen LogP contribution in [0.4, 0.5) is 10.5 Å². The molecule has 2 amide bonds. The van der Waals surface area contributed by atoms with Crippen molar-refractivity contribution in [3.63, 3.8) is 0 Å². The molecule has 164 valence electrons. The molecule has 1 aliphatic rings. The van der Waals surface area contributed by atoms with Crippen molar-refractivity contribution in [2.75, 3.05) is 38.1 Å². The maximum atomic E-state index is 12.7. The summed E-state index contributed by atoms with van der Waals surface area (Å²) in [5, 5.41) is 2.98. The van der Waals surface area contributed by atoms with Crippen molar-refractivity contribution in [1.29, 1.82) is 0 Å². The molecule has 1 saturated heterocycles. The fourth-order valence-electron chi connectivity index (χ4n) is 3.60. The molecule has 2 aromatic rings. The van der Waals surface area contributed by atoms with E-state index in [1.807, 2.05) is 29.2 Å². The molecule has 0 radical (unpaired) electrons. The van der Waals surface area contributed by atoms with Gasteiger partial charge in [-0.15, -0.1) is 0 Å². The molecule has 0 unspecified atom stereocenters. The summed E-state index contributed by atoms with van der Waals surface area (Å²) in [5.41, 5.74) is 4.26. The van der Waals surface area contributed by atoms with Gasteiger partial charge in [0.2, 0.25) is 0 Å². The molecule has 0 aromatic heterocycles. The lowest BCUT2D eigenvalue weighted by atomic mass is 10.1. The first-order valence-electron chi connectivity index (χ1n) is 10.8. The van der Waals surface area contributed by atoms with Crippen LogP contribution in [0.5, 0.6) is 0 Å². The first kappa shape index (κ1) is 22.6. The Balaban J connectivity index is 1.50. The van der Waals surface area contributed by atoms with E-state index in [1.165, 1.54) is 17.2 Å². The van der Waals surface area contributed by atoms with Crippen molar-refractivity contribution in [1.82, 2.24) is 9.80 Å². The van der Waals surface area contributed by atoms with Gasteiger partial charge >= 0.3 is 12.0 Å². The number of urea groups is 1. The van der Waals surface area contributed by atoms with E-state index in [0.29, 0.717) is 13.2 Å². The zero-order chi connectivity index (χ0) is 22.1. The average molecular weight is 422 g/mol. The summed E-state index contributed by atoms with van der Waals surface area (Å²) in [6.45, 7) is 8.49. The van der Waals surface area contributed by atoms with Gasteiger partial charge in [-0.05, 0) is 55.2 Å². The minimum atomic E-state index is -0.363. The number of nitrogens with one attached hydrogen (secondary N) is 1. The van der Waals surface area contributed by atoms with Crippen molar-refractivity contribution >= 4 is 23.8 Å². The predicted molar refractivity (Wildman–Crippen MR) is 124 cm³/mol. The highest BCUT2D eigenvalue weighted by molar-refractivity contribution is 5.90. The quantitative estimate of drug-likeness (QED) is 0.558. The van der Waals surface area contributed by atoms with Gasteiger partial charge in [0, 0.05) is 44.5 Å². The third-order valence-electron chi connectivity index (χ3n) is 5.39. The van der Waals surface area contributed by atoms with Gasteiger partial charge in [-0.1, -0.05) is 36.4 Å². The zero-order valence-corrected chi connectivity index (χ0v) is 18.3. The van der Waals surface area contributed by atoms with E-state index in [4.69, 9.17) is 4.74 Å². The minimum absolute atomic E-state index is 0.0763.